The van der Waals surface area contributed by atoms with Crippen molar-refractivity contribution >= 4 is 21.4 Å². The van der Waals surface area contributed by atoms with Crippen molar-refractivity contribution in [2.24, 2.45) is 0 Å². The Balaban J connectivity index is 2.02. The van der Waals surface area contributed by atoms with Gasteiger partial charge in [-0.3, -0.25) is 0 Å². The third-order valence-electron chi connectivity index (χ3n) is 3.75. The molecule has 21 heavy (non-hydrogen) atoms. The molecule has 0 bridgehead atoms. The normalized spacial score (nSPS) is 15.6. The summed E-state index contributed by atoms with van der Waals surface area (Å²) in [5, 5.41) is 3.24. The van der Waals surface area contributed by atoms with Gasteiger partial charge in [-0.25, -0.2) is 13.1 Å². The van der Waals surface area contributed by atoms with Crippen LogP contribution in [0.1, 0.15) is 32.1 Å². The van der Waals surface area contributed by atoms with E-state index >= 15 is 0 Å². The lowest BCUT2D eigenvalue weighted by atomic mass is 9.97. The molecule has 1 aromatic rings. The van der Waals surface area contributed by atoms with E-state index in [0.29, 0.717) is 11.4 Å². The van der Waals surface area contributed by atoms with Crippen molar-refractivity contribution in [3.63, 3.8) is 0 Å². The fourth-order valence-electron chi connectivity index (χ4n) is 2.46. The van der Waals surface area contributed by atoms with Crippen molar-refractivity contribution in [3.8, 4) is 0 Å². The summed E-state index contributed by atoms with van der Waals surface area (Å²) in [6.45, 7) is 0.763. The van der Waals surface area contributed by atoms with Crippen LogP contribution in [0.25, 0.3) is 0 Å². The highest BCUT2D eigenvalue weighted by molar-refractivity contribution is 7.89. The molecule has 0 fully saturated rings. The number of benzene rings is 1. The van der Waals surface area contributed by atoms with Crippen molar-refractivity contribution in [2.45, 2.75) is 37.0 Å². The molecule has 4 N–H and O–H groups in total. The lowest BCUT2D eigenvalue weighted by molar-refractivity contribution is 0.588. The van der Waals surface area contributed by atoms with E-state index in [2.05, 4.69) is 16.1 Å². The molecule has 0 aliphatic heterocycles. The number of sulfonamides is 1. The number of rotatable bonds is 6. The number of anilines is 2. The monoisotopic (exact) mass is 309 g/mol. The maximum atomic E-state index is 11.8. The summed E-state index contributed by atoms with van der Waals surface area (Å²) in [5.41, 5.74) is 8.61. The van der Waals surface area contributed by atoms with Crippen LogP contribution in [0.5, 0.6) is 0 Å². The van der Waals surface area contributed by atoms with E-state index in [9.17, 15) is 8.42 Å². The molecule has 0 atom stereocenters. The highest BCUT2D eigenvalue weighted by Crippen LogP contribution is 2.24. The van der Waals surface area contributed by atoms with Gasteiger partial charge >= 0.3 is 0 Å². The van der Waals surface area contributed by atoms with Crippen molar-refractivity contribution < 1.29 is 8.42 Å². The van der Waals surface area contributed by atoms with Crippen LogP contribution in [-0.2, 0) is 10.0 Å². The first-order valence-corrected chi connectivity index (χ1v) is 8.76. The molecule has 5 nitrogen and oxygen atoms in total. The second-order valence-electron chi connectivity index (χ2n) is 5.24. The van der Waals surface area contributed by atoms with Gasteiger partial charge in [0.1, 0.15) is 0 Å². The van der Waals surface area contributed by atoms with Crippen LogP contribution < -0.4 is 15.8 Å². The molecule has 0 amide bonds. The van der Waals surface area contributed by atoms with E-state index in [4.69, 9.17) is 5.73 Å². The second-order valence-corrected chi connectivity index (χ2v) is 7.13. The summed E-state index contributed by atoms with van der Waals surface area (Å²) in [6.07, 6.45) is 8.19. The molecular weight excluding hydrogens is 286 g/mol. The molecule has 2 rings (SSSR count). The molecule has 116 valence electrons. The van der Waals surface area contributed by atoms with E-state index < -0.39 is 10.0 Å². The Morgan fingerprint density at radius 3 is 2.76 bits per heavy atom. The molecule has 0 saturated heterocycles. The van der Waals surface area contributed by atoms with Gasteiger partial charge in [-0.2, -0.15) is 0 Å². The van der Waals surface area contributed by atoms with Crippen molar-refractivity contribution in [2.75, 3.05) is 24.6 Å². The summed E-state index contributed by atoms with van der Waals surface area (Å²) >= 11 is 0. The average Bonchev–Trinajstić information content (AvgIpc) is 2.50. The Morgan fingerprint density at radius 2 is 2.10 bits per heavy atom. The predicted molar refractivity (Wildman–Crippen MR) is 86.8 cm³/mol. The summed E-state index contributed by atoms with van der Waals surface area (Å²) in [6, 6.07) is 4.71. The maximum Gasteiger partial charge on any atom is 0.240 e. The van der Waals surface area contributed by atoms with Crippen molar-refractivity contribution in [1.29, 1.82) is 0 Å². The van der Waals surface area contributed by atoms with Crippen LogP contribution in [0.4, 0.5) is 11.4 Å². The maximum absolute atomic E-state index is 11.8. The smallest absolute Gasteiger partial charge is 0.240 e. The molecule has 1 aromatic carbocycles. The quantitative estimate of drug-likeness (QED) is 0.557. The minimum Gasteiger partial charge on any atom is -0.397 e. The van der Waals surface area contributed by atoms with E-state index in [1.54, 1.807) is 12.1 Å². The van der Waals surface area contributed by atoms with Gasteiger partial charge in [-0.15, -0.1) is 0 Å². The second kappa shape index (κ2) is 6.95. The third-order valence-corrected chi connectivity index (χ3v) is 5.16. The van der Waals surface area contributed by atoms with E-state index in [1.807, 2.05) is 0 Å². The highest BCUT2D eigenvalue weighted by atomic mass is 32.2. The molecule has 0 spiro atoms. The molecule has 0 unspecified atom stereocenters. The molecule has 6 heteroatoms. The summed E-state index contributed by atoms with van der Waals surface area (Å²) < 4.78 is 25.9. The summed E-state index contributed by atoms with van der Waals surface area (Å²) in [7, 11) is -2.04. The van der Waals surface area contributed by atoms with Crippen molar-refractivity contribution in [3.05, 3.63) is 29.8 Å². The number of nitrogens with one attached hydrogen (secondary N) is 2. The minimum absolute atomic E-state index is 0.221. The van der Waals surface area contributed by atoms with Gasteiger partial charge in [0.2, 0.25) is 10.0 Å². The van der Waals surface area contributed by atoms with E-state index in [1.165, 1.54) is 44.4 Å². The first-order chi connectivity index (χ1) is 10.0. The van der Waals surface area contributed by atoms with E-state index in [0.717, 1.165) is 13.0 Å². The molecule has 1 aliphatic carbocycles. The van der Waals surface area contributed by atoms with Crippen LogP contribution in [0.3, 0.4) is 0 Å². The van der Waals surface area contributed by atoms with Gasteiger partial charge in [0, 0.05) is 6.54 Å². The zero-order chi connectivity index (χ0) is 15.3. The first kappa shape index (κ1) is 15.9. The number of allylic oxidation sites excluding steroid dienone is 1. The molecule has 0 radical (unpaired) electrons. The largest absolute Gasteiger partial charge is 0.397 e. The number of hydrogen-bond acceptors (Lipinski definition) is 4. The standard InChI is InChI=1S/C15H23N3O2S/c1-17-21(19,20)13-7-8-14(16)15(11-13)18-10-9-12-5-3-2-4-6-12/h5,7-8,11,17-18H,2-4,6,9-10,16H2,1H3. The topological polar surface area (TPSA) is 84.2 Å². The lowest BCUT2D eigenvalue weighted by Crippen LogP contribution is -2.19. The Hall–Kier alpha value is -1.53. The third kappa shape index (κ3) is 4.22. The Morgan fingerprint density at radius 1 is 1.29 bits per heavy atom. The van der Waals surface area contributed by atoms with Gasteiger partial charge in [0.15, 0.2) is 0 Å². The molecule has 0 aromatic heterocycles. The Kier molecular flexibility index (Phi) is 5.25. The number of hydrogen-bond donors (Lipinski definition) is 3. The molecular formula is C15H23N3O2S. The lowest BCUT2D eigenvalue weighted by Gasteiger charge is -2.15. The van der Waals surface area contributed by atoms with Crippen LogP contribution in [0, 0.1) is 0 Å². The zero-order valence-corrected chi connectivity index (χ0v) is 13.2. The van der Waals surface area contributed by atoms with Gasteiger partial charge in [0.25, 0.3) is 0 Å². The fraction of sp³-hybridized carbons (Fsp3) is 0.467. The predicted octanol–water partition coefficient (Wildman–Crippen LogP) is 2.48. The van der Waals surface area contributed by atoms with Crippen LogP contribution in [-0.4, -0.2) is 22.0 Å². The number of nitrogens with two attached hydrogens (primary N) is 1. The fourth-order valence-corrected chi connectivity index (χ4v) is 3.22. The summed E-state index contributed by atoms with van der Waals surface area (Å²) in [5.74, 6) is 0. The highest BCUT2D eigenvalue weighted by Gasteiger charge is 2.13. The Labute approximate surface area is 126 Å². The molecule has 0 saturated carbocycles. The molecule has 1 aliphatic rings. The molecule has 0 heterocycles. The Bertz CT molecular complexity index is 624. The minimum atomic E-state index is -3.44. The van der Waals surface area contributed by atoms with Crippen LogP contribution >= 0.6 is 0 Å². The van der Waals surface area contributed by atoms with Crippen LogP contribution in [0.15, 0.2) is 34.7 Å². The first-order valence-electron chi connectivity index (χ1n) is 7.28. The van der Waals surface area contributed by atoms with Gasteiger partial charge in [0.05, 0.1) is 16.3 Å². The van der Waals surface area contributed by atoms with Crippen LogP contribution in [0.2, 0.25) is 0 Å². The summed E-state index contributed by atoms with van der Waals surface area (Å²) in [4.78, 5) is 0.221. The van der Waals surface area contributed by atoms with Crippen molar-refractivity contribution in [1.82, 2.24) is 4.72 Å². The zero-order valence-electron chi connectivity index (χ0n) is 12.4. The van der Waals surface area contributed by atoms with Gasteiger partial charge < -0.3 is 11.1 Å². The van der Waals surface area contributed by atoms with Gasteiger partial charge in [-0.05, 0) is 57.4 Å². The SMILES string of the molecule is CNS(=O)(=O)c1ccc(N)c(NCCC2=CCCCC2)c1. The average molecular weight is 309 g/mol. The number of nitrogen functional groups attached to an aromatic ring is 1. The van der Waals surface area contributed by atoms with E-state index in [-0.39, 0.29) is 4.90 Å². The van der Waals surface area contributed by atoms with Gasteiger partial charge in [-0.1, -0.05) is 11.6 Å².